The summed E-state index contributed by atoms with van der Waals surface area (Å²) in [6.07, 6.45) is 5.16. The molecule has 0 N–H and O–H groups in total. The number of hydrogen-bond acceptors (Lipinski definition) is 3. The highest BCUT2D eigenvalue weighted by molar-refractivity contribution is 5.70. The first-order chi connectivity index (χ1) is 9.16. The molecule has 0 radical (unpaired) electrons. The van der Waals surface area contributed by atoms with Gasteiger partial charge in [0.1, 0.15) is 6.61 Å². The van der Waals surface area contributed by atoms with E-state index in [1.54, 1.807) is 0 Å². The van der Waals surface area contributed by atoms with Crippen molar-refractivity contribution in [2.75, 3.05) is 13.2 Å². The molecule has 0 bridgehead atoms. The molecular formula is C16H20O3. The monoisotopic (exact) mass is 260 g/mol. The normalized spacial score (nSPS) is 17.3. The third kappa shape index (κ3) is 3.93. The molecule has 1 aromatic carbocycles. The zero-order valence-electron chi connectivity index (χ0n) is 11.5. The second-order valence-corrected chi connectivity index (χ2v) is 5.02. The first kappa shape index (κ1) is 13.8. The van der Waals surface area contributed by atoms with E-state index in [1.807, 2.05) is 26.0 Å². The molecule has 3 heteroatoms. The van der Waals surface area contributed by atoms with Crippen LogP contribution in [0.4, 0.5) is 0 Å². The molecular weight excluding hydrogens is 240 g/mol. The highest BCUT2D eigenvalue weighted by Gasteiger charge is 2.17. The maximum absolute atomic E-state index is 11.4. The quantitative estimate of drug-likeness (QED) is 0.763. The van der Waals surface area contributed by atoms with Crippen molar-refractivity contribution in [3.8, 4) is 0 Å². The number of benzene rings is 1. The average molecular weight is 260 g/mol. The molecule has 102 valence electrons. The van der Waals surface area contributed by atoms with E-state index in [-0.39, 0.29) is 18.7 Å². The van der Waals surface area contributed by atoms with Crippen LogP contribution >= 0.6 is 0 Å². The fourth-order valence-electron chi connectivity index (χ4n) is 2.26. The first-order valence-corrected chi connectivity index (χ1v) is 6.69. The smallest absolute Gasteiger partial charge is 0.332 e. The molecule has 0 saturated heterocycles. The maximum atomic E-state index is 11.4. The van der Waals surface area contributed by atoms with E-state index in [1.165, 1.54) is 11.1 Å². The molecule has 0 amide bonds. The maximum Gasteiger partial charge on any atom is 0.332 e. The van der Waals surface area contributed by atoms with E-state index in [9.17, 15) is 4.79 Å². The van der Waals surface area contributed by atoms with Crippen LogP contribution in [0.1, 0.15) is 37.3 Å². The summed E-state index contributed by atoms with van der Waals surface area (Å²) in [6, 6.07) is 8.30. The van der Waals surface area contributed by atoms with Crippen molar-refractivity contribution in [1.82, 2.24) is 0 Å². The molecule has 2 rings (SSSR count). The molecule has 0 saturated carbocycles. The van der Waals surface area contributed by atoms with Crippen LogP contribution in [0, 0.1) is 0 Å². The number of ether oxygens (including phenoxy) is 2. The number of allylic oxidation sites excluding steroid dienone is 1. The lowest BCUT2D eigenvalue weighted by molar-refractivity contribution is -0.152. The molecule has 0 aromatic heterocycles. The zero-order chi connectivity index (χ0) is 13.7. The minimum Gasteiger partial charge on any atom is -0.461 e. The number of carbonyl (C=O) groups is 1. The number of hydrogen-bond donors (Lipinski definition) is 0. The van der Waals surface area contributed by atoms with Crippen molar-refractivity contribution in [3.05, 3.63) is 41.5 Å². The lowest BCUT2D eigenvalue weighted by Crippen LogP contribution is -2.19. The second-order valence-electron chi connectivity index (χ2n) is 5.02. The third-order valence-electron chi connectivity index (χ3n) is 3.06. The predicted molar refractivity (Wildman–Crippen MR) is 74.9 cm³/mol. The molecule has 3 nitrogen and oxygen atoms in total. The van der Waals surface area contributed by atoms with Crippen molar-refractivity contribution in [3.63, 3.8) is 0 Å². The van der Waals surface area contributed by atoms with Crippen LogP contribution in [0.3, 0.4) is 0 Å². The van der Waals surface area contributed by atoms with Gasteiger partial charge in [0.25, 0.3) is 0 Å². The van der Waals surface area contributed by atoms with Crippen molar-refractivity contribution < 1.29 is 14.3 Å². The Kier molecular flexibility index (Phi) is 4.74. The second kappa shape index (κ2) is 6.53. The highest BCUT2D eigenvalue weighted by Crippen LogP contribution is 2.29. The SMILES string of the molecule is CC(C)OC(=O)COCC1CC=Cc2ccccc21. The van der Waals surface area contributed by atoms with Crippen LogP contribution in [-0.2, 0) is 14.3 Å². The molecule has 1 unspecified atom stereocenters. The summed E-state index contributed by atoms with van der Waals surface area (Å²) in [4.78, 5) is 11.4. The lowest BCUT2D eigenvalue weighted by atomic mass is 9.88. The van der Waals surface area contributed by atoms with Crippen LogP contribution in [-0.4, -0.2) is 25.3 Å². The van der Waals surface area contributed by atoms with Gasteiger partial charge in [0.15, 0.2) is 0 Å². The summed E-state index contributed by atoms with van der Waals surface area (Å²) in [5.41, 5.74) is 2.54. The van der Waals surface area contributed by atoms with E-state index < -0.39 is 0 Å². The first-order valence-electron chi connectivity index (χ1n) is 6.69. The molecule has 1 aliphatic carbocycles. The van der Waals surface area contributed by atoms with Crippen LogP contribution < -0.4 is 0 Å². The van der Waals surface area contributed by atoms with Crippen molar-refractivity contribution in [1.29, 1.82) is 0 Å². The largest absolute Gasteiger partial charge is 0.461 e. The van der Waals surface area contributed by atoms with Gasteiger partial charge in [-0.1, -0.05) is 36.4 Å². The average Bonchev–Trinajstić information content (AvgIpc) is 2.38. The number of carbonyl (C=O) groups excluding carboxylic acids is 1. The van der Waals surface area contributed by atoms with Crippen LogP contribution in [0.25, 0.3) is 6.08 Å². The van der Waals surface area contributed by atoms with Gasteiger partial charge in [-0.2, -0.15) is 0 Å². The standard InChI is InChI=1S/C16H20O3/c1-12(2)19-16(17)11-18-10-14-8-5-7-13-6-3-4-9-15(13)14/h3-7,9,12,14H,8,10-11H2,1-2H3. The van der Waals surface area contributed by atoms with E-state index in [0.29, 0.717) is 12.5 Å². The van der Waals surface area contributed by atoms with E-state index in [2.05, 4.69) is 24.3 Å². The van der Waals surface area contributed by atoms with Gasteiger partial charge in [0.2, 0.25) is 0 Å². The summed E-state index contributed by atoms with van der Waals surface area (Å²) >= 11 is 0. The number of esters is 1. The van der Waals surface area contributed by atoms with Crippen LogP contribution in [0.2, 0.25) is 0 Å². The Balaban J connectivity index is 1.84. The molecule has 19 heavy (non-hydrogen) atoms. The third-order valence-corrected chi connectivity index (χ3v) is 3.06. The molecule has 0 spiro atoms. The minimum absolute atomic E-state index is 0.0283. The molecule has 0 heterocycles. The molecule has 1 atom stereocenters. The summed E-state index contributed by atoms with van der Waals surface area (Å²) in [5, 5.41) is 0. The number of rotatable bonds is 5. The minimum atomic E-state index is -0.297. The predicted octanol–water partition coefficient (Wildman–Crippen LogP) is 3.16. The Morgan fingerprint density at radius 3 is 2.95 bits per heavy atom. The van der Waals surface area contributed by atoms with Gasteiger partial charge in [-0.15, -0.1) is 0 Å². The molecule has 0 fully saturated rings. The van der Waals surface area contributed by atoms with Gasteiger partial charge in [-0.05, 0) is 31.4 Å². The summed E-state index contributed by atoms with van der Waals surface area (Å²) in [5.74, 6) is 0.0303. The van der Waals surface area contributed by atoms with Crippen molar-refractivity contribution in [2.45, 2.75) is 32.3 Å². The Labute approximate surface area is 114 Å². The van der Waals surface area contributed by atoms with Gasteiger partial charge in [-0.3, -0.25) is 0 Å². The van der Waals surface area contributed by atoms with Gasteiger partial charge in [-0.25, -0.2) is 4.79 Å². The summed E-state index contributed by atoms with van der Waals surface area (Å²) < 4.78 is 10.5. The summed E-state index contributed by atoms with van der Waals surface area (Å²) in [7, 11) is 0. The Bertz CT molecular complexity index is 463. The van der Waals surface area contributed by atoms with Crippen molar-refractivity contribution in [2.24, 2.45) is 0 Å². The Hall–Kier alpha value is -1.61. The Morgan fingerprint density at radius 1 is 1.37 bits per heavy atom. The van der Waals surface area contributed by atoms with Gasteiger partial charge in [0.05, 0.1) is 12.7 Å². The van der Waals surface area contributed by atoms with E-state index in [4.69, 9.17) is 9.47 Å². The van der Waals surface area contributed by atoms with E-state index >= 15 is 0 Å². The van der Waals surface area contributed by atoms with Crippen LogP contribution in [0.5, 0.6) is 0 Å². The summed E-state index contributed by atoms with van der Waals surface area (Å²) in [6.45, 7) is 4.25. The highest BCUT2D eigenvalue weighted by atomic mass is 16.6. The van der Waals surface area contributed by atoms with Crippen LogP contribution in [0.15, 0.2) is 30.3 Å². The van der Waals surface area contributed by atoms with E-state index in [0.717, 1.165) is 6.42 Å². The lowest BCUT2D eigenvalue weighted by Gasteiger charge is -2.21. The molecule has 1 aromatic rings. The zero-order valence-corrected chi connectivity index (χ0v) is 11.5. The Morgan fingerprint density at radius 2 is 2.16 bits per heavy atom. The van der Waals surface area contributed by atoms with Gasteiger partial charge >= 0.3 is 5.97 Å². The number of fused-ring (bicyclic) bond motifs is 1. The van der Waals surface area contributed by atoms with Gasteiger partial charge < -0.3 is 9.47 Å². The fraction of sp³-hybridized carbons (Fsp3) is 0.438. The topological polar surface area (TPSA) is 35.5 Å². The van der Waals surface area contributed by atoms with Gasteiger partial charge in [0, 0.05) is 5.92 Å². The molecule has 0 aliphatic heterocycles. The fourth-order valence-corrected chi connectivity index (χ4v) is 2.26. The van der Waals surface area contributed by atoms with Crippen molar-refractivity contribution >= 4 is 12.0 Å². The molecule has 1 aliphatic rings.